The summed E-state index contributed by atoms with van der Waals surface area (Å²) >= 11 is 0. The van der Waals surface area contributed by atoms with Gasteiger partial charge in [0.15, 0.2) is 0 Å². The highest BCUT2D eigenvalue weighted by atomic mass is 16.2. The van der Waals surface area contributed by atoms with E-state index in [4.69, 9.17) is 0 Å². The number of aryl methyl sites for hydroxylation is 1. The van der Waals surface area contributed by atoms with Gasteiger partial charge in [0.25, 0.3) is 0 Å². The Kier molecular flexibility index (Phi) is 4.31. The lowest BCUT2D eigenvalue weighted by molar-refractivity contribution is -0.124. The van der Waals surface area contributed by atoms with Crippen LogP contribution in [-0.2, 0) is 9.59 Å². The van der Waals surface area contributed by atoms with Crippen LogP contribution < -0.4 is 5.32 Å². The summed E-state index contributed by atoms with van der Waals surface area (Å²) in [5.41, 5.74) is 4.03. The first kappa shape index (κ1) is 14.0. The van der Waals surface area contributed by atoms with Crippen molar-refractivity contribution in [2.75, 3.05) is 5.32 Å². The number of rotatable bonds is 4. The molecule has 0 bridgehead atoms. The van der Waals surface area contributed by atoms with E-state index in [1.54, 1.807) is 0 Å². The van der Waals surface area contributed by atoms with E-state index < -0.39 is 0 Å². The van der Waals surface area contributed by atoms with Crippen molar-refractivity contribution in [3.63, 3.8) is 0 Å². The van der Waals surface area contributed by atoms with E-state index in [-0.39, 0.29) is 18.1 Å². The Hall–Kier alpha value is -2.42. The molecule has 0 aliphatic heterocycles. The summed E-state index contributed by atoms with van der Waals surface area (Å²) in [6.07, 6.45) is -0.0887. The molecular formula is C17H17NO2. The highest BCUT2D eigenvalue weighted by Gasteiger charge is 2.07. The summed E-state index contributed by atoms with van der Waals surface area (Å²) < 4.78 is 0. The second-order valence-electron chi connectivity index (χ2n) is 4.82. The molecule has 1 N–H and O–H groups in total. The summed E-state index contributed by atoms with van der Waals surface area (Å²) in [4.78, 5) is 22.5. The maximum absolute atomic E-state index is 11.6. The lowest BCUT2D eigenvalue weighted by Gasteiger charge is -2.10. The summed E-state index contributed by atoms with van der Waals surface area (Å²) in [7, 11) is 0. The molecule has 2 aromatic carbocycles. The fourth-order valence-electron chi connectivity index (χ4n) is 2.06. The molecule has 1 amide bonds. The predicted octanol–water partition coefficient (Wildman–Crippen LogP) is 3.58. The SMILES string of the molecule is CC(=O)CC(=O)Nc1ccc(C)c(-c2ccccc2)c1. The Bertz CT molecular complexity index is 633. The van der Waals surface area contributed by atoms with Crippen LogP contribution in [0.3, 0.4) is 0 Å². The lowest BCUT2D eigenvalue weighted by atomic mass is 10.00. The van der Waals surface area contributed by atoms with Gasteiger partial charge in [-0.2, -0.15) is 0 Å². The number of anilines is 1. The van der Waals surface area contributed by atoms with Gasteiger partial charge in [-0.05, 0) is 42.7 Å². The number of hydrogen-bond donors (Lipinski definition) is 1. The first-order valence-corrected chi connectivity index (χ1v) is 6.51. The molecule has 2 aromatic rings. The van der Waals surface area contributed by atoms with E-state index in [1.165, 1.54) is 6.92 Å². The van der Waals surface area contributed by atoms with Crippen molar-refractivity contribution in [1.29, 1.82) is 0 Å². The number of ketones is 1. The summed E-state index contributed by atoms with van der Waals surface area (Å²) in [5, 5.41) is 2.75. The molecule has 0 radical (unpaired) electrons. The van der Waals surface area contributed by atoms with Gasteiger partial charge in [-0.25, -0.2) is 0 Å². The average Bonchev–Trinajstić information content (AvgIpc) is 2.41. The van der Waals surface area contributed by atoms with E-state index in [1.807, 2.05) is 55.5 Å². The fraction of sp³-hybridized carbons (Fsp3) is 0.176. The smallest absolute Gasteiger partial charge is 0.231 e. The quantitative estimate of drug-likeness (QED) is 0.861. The Balaban J connectivity index is 2.25. The lowest BCUT2D eigenvalue weighted by Crippen LogP contribution is -2.14. The van der Waals surface area contributed by atoms with Crippen LogP contribution >= 0.6 is 0 Å². The topological polar surface area (TPSA) is 46.2 Å². The van der Waals surface area contributed by atoms with E-state index in [0.717, 1.165) is 16.7 Å². The van der Waals surface area contributed by atoms with E-state index in [0.29, 0.717) is 5.69 Å². The minimum absolute atomic E-state index is 0.0887. The molecule has 0 saturated carbocycles. The van der Waals surface area contributed by atoms with Crippen molar-refractivity contribution >= 4 is 17.4 Å². The van der Waals surface area contributed by atoms with Crippen LogP contribution in [0.25, 0.3) is 11.1 Å². The maximum Gasteiger partial charge on any atom is 0.231 e. The first-order chi connectivity index (χ1) is 9.56. The molecule has 0 spiro atoms. The van der Waals surface area contributed by atoms with Crippen LogP contribution in [0.1, 0.15) is 18.9 Å². The molecule has 0 aromatic heterocycles. The van der Waals surface area contributed by atoms with Crippen LogP contribution in [0.15, 0.2) is 48.5 Å². The minimum atomic E-state index is -0.277. The van der Waals surface area contributed by atoms with Crippen LogP contribution in [0.4, 0.5) is 5.69 Å². The molecule has 0 saturated heterocycles. The molecule has 0 atom stereocenters. The van der Waals surface area contributed by atoms with Crippen molar-refractivity contribution in [3.05, 3.63) is 54.1 Å². The number of amides is 1. The number of carbonyl (C=O) groups is 2. The van der Waals surface area contributed by atoms with E-state index >= 15 is 0 Å². The van der Waals surface area contributed by atoms with Gasteiger partial charge in [-0.1, -0.05) is 36.4 Å². The summed E-state index contributed by atoms with van der Waals surface area (Å²) in [6, 6.07) is 15.7. The summed E-state index contributed by atoms with van der Waals surface area (Å²) in [5.74, 6) is -0.418. The number of carbonyl (C=O) groups excluding carboxylic acids is 2. The van der Waals surface area contributed by atoms with E-state index in [2.05, 4.69) is 5.32 Å². The van der Waals surface area contributed by atoms with Crippen molar-refractivity contribution in [1.82, 2.24) is 0 Å². The average molecular weight is 267 g/mol. The molecular weight excluding hydrogens is 250 g/mol. The van der Waals surface area contributed by atoms with Gasteiger partial charge in [-0.3, -0.25) is 9.59 Å². The molecule has 0 fully saturated rings. The zero-order valence-electron chi connectivity index (χ0n) is 11.6. The molecule has 3 nitrogen and oxygen atoms in total. The Morgan fingerprint density at radius 3 is 2.40 bits per heavy atom. The van der Waals surface area contributed by atoms with Crippen LogP contribution in [0, 0.1) is 6.92 Å². The number of nitrogens with one attached hydrogen (secondary N) is 1. The van der Waals surface area contributed by atoms with Crippen LogP contribution in [0.5, 0.6) is 0 Å². The van der Waals surface area contributed by atoms with Crippen molar-refractivity contribution in [3.8, 4) is 11.1 Å². The highest BCUT2D eigenvalue weighted by Crippen LogP contribution is 2.26. The third kappa shape index (κ3) is 3.54. The number of benzene rings is 2. The van der Waals surface area contributed by atoms with Gasteiger partial charge in [0.2, 0.25) is 5.91 Å². The standard InChI is InChI=1S/C17H17NO2/c1-12-8-9-15(18-17(20)10-13(2)19)11-16(12)14-6-4-3-5-7-14/h3-9,11H,10H2,1-2H3,(H,18,20). The van der Waals surface area contributed by atoms with Gasteiger partial charge in [0.05, 0.1) is 6.42 Å². The predicted molar refractivity (Wildman–Crippen MR) is 80.5 cm³/mol. The zero-order valence-corrected chi connectivity index (χ0v) is 11.6. The zero-order chi connectivity index (χ0) is 14.5. The summed E-state index contributed by atoms with van der Waals surface area (Å²) in [6.45, 7) is 3.44. The molecule has 0 aliphatic carbocycles. The monoisotopic (exact) mass is 267 g/mol. The number of Topliss-reactive ketones (excluding diaryl/α,β-unsaturated/α-hetero) is 1. The fourth-order valence-corrected chi connectivity index (χ4v) is 2.06. The first-order valence-electron chi connectivity index (χ1n) is 6.51. The van der Waals surface area contributed by atoms with Gasteiger partial charge in [0, 0.05) is 5.69 Å². The molecule has 102 valence electrons. The van der Waals surface area contributed by atoms with Crippen molar-refractivity contribution < 1.29 is 9.59 Å². The highest BCUT2D eigenvalue weighted by molar-refractivity contribution is 6.03. The molecule has 2 rings (SSSR count). The van der Waals surface area contributed by atoms with Crippen LogP contribution in [-0.4, -0.2) is 11.7 Å². The Morgan fingerprint density at radius 2 is 1.75 bits per heavy atom. The molecule has 0 heterocycles. The molecule has 3 heteroatoms. The molecule has 20 heavy (non-hydrogen) atoms. The van der Waals surface area contributed by atoms with Crippen LogP contribution in [0.2, 0.25) is 0 Å². The Labute approximate surface area is 118 Å². The molecule has 0 unspecified atom stereocenters. The van der Waals surface area contributed by atoms with Crippen molar-refractivity contribution in [2.45, 2.75) is 20.3 Å². The van der Waals surface area contributed by atoms with Gasteiger partial charge in [0.1, 0.15) is 5.78 Å². The third-order valence-corrected chi connectivity index (χ3v) is 3.02. The van der Waals surface area contributed by atoms with Gasteiger partial charge >= 0.3 is 0 Å². The van der Waals surface area contributed by atoms with E-state index in [9.17, 15) is 9.59 Å². The molecule has 0 aliphatic rings. The van der Waals surface area contributed by atoms with Gasteiger partial charge < -0.3 is 5.32 Å². The van der Waals surface area contributed by atoms with Gasteiger partial charge in [-0.15, -0.1) is 0 Å². The second-order valence-corrected chi connectivity index (χ2v) is 4.82. The normalized spacial score (nSPS) is 10.1. The third-order valence-electron chi connectivity index (χ3n) is 3.02. The number of hydrogen-bond acceptors (Lipinski definition) is 2. The Morgan fingerprint density at radius 1 is 1.05 bits per heavy atom. The van der Waals surface area contributed by atoms with Crippen molar-refractivity contribution in [2.24, 2.45) is 0 Å². The minimum Gasteiger partial charge on any atom is -0.326 e. The second kappa shape index (κ2) is 6.15. The largest absolute Gasteiger partial charge is 0.326 e. The maximum atomic E-state index is 11.6.